The molecule has 1 unspecified atom stereocenters. The molecule has 3 aromatic rings. The Morgan fingerprint density at radius 1 is 1.10 bits per heavy atom. The van der Waals surface area contributed by atoms with Gasteiger partial charge in [-0.05, 0) is 24.1 Å². The zero-order chi connectivity index (χ0) is 21.1. The zero-order valence-corrected chi connectivity index (χ0v) is 17.4. The molecular weight excluding hydrogens is 396 g/mol. The topological polar surface area (TPSA) is 60.7 Å². The largest absolute Gasteiger partial charge is 0.466 e. The average Bonchev–Trinajstić information content (AvgIpc) is 3.08. The number of benzene rings is 2. The number of methoxy groups -OCH3 is 1. The van der Waals surface area contributed by atoms with Crippen molar-refractivity contribution >= 4 is 29.5 Å². The summed E-state index contributed by atoms with van der Waals surface area (Å²) in [6.45, 7) is 1.77. The monoisotopic (exact) mass is 416 g/mol. The fourth-order valence-corrected chi connectivity index (χ4v) is 4.47. The molecule has 0 saturated heterocycles. The number of rotatable bonds is 4. The van der Waals surface area contributed by atoms with Gasteiger partial charge >= 0.3 is 5.97 Å². The third kappa shape index (κ3) is 3.69. The van der Waals surface area contributed by atoms with Crippen molar-refractivity contribution in [2.24, 2.45) is 4.99 Å². The molecule has 0 saturated carbocycles. The van der Waals surface area contributed by atoms with E-state index >= 15 is 0 Å². The number of nitrogens with zero attached hydrogens (tertiary/aromatic N) is 2. The second-order valence-electron chi connectivity index (χ2n) is 6.78. The highest BCUT2D eigenvalue weighted by Crippen LogP contribution is 2.30. The molecule has 4 rings (SSSR count). The summed E-state index contributed by atoms with van der Waals surface area (Å²) in [5, 5.41) is 0. The van der Waals surface area contributed by atoms with Crippen LogP contribution in [0, 0.1) is 0 Å². The molecule has 2 heterocycles. The SMILES string of the molecule is COC(=O)C1=C(C)N=c2s/c(=C/C=C/c3ccccc3)c(=O)n2C1c1ccccc1. The van der Waals surface area contributed by atoms with Crippen LogP contribution in [-0.2, 0) is 9.53 Å². The van der Waals surface area contributed by atoms with Gasteiger partial charge in [0.15, 0.2) is 4.80 Å². The van der Waals surface area contributed by atoms with E-state index < -0.39 is 12.0 Å². The minimum atomic E-state index is -0.574. The van der Waals surface area contributed by atoms with Crippen molar-refractivity contribution in [2.75, 3.05) is 7.11 Å². The Bertz CT molecular complexity index is 1320. The summed E-state index contributed by atoms with van der Waals surface area (Å²) in [6.07, 6.45) is 5.58. The summed E-state index contributed by atoms with van der Waals surface area (Å²) in [5.41, 5.74) is 2.64. The van der Waals surface area contributed by atoms with E-state index in [1.54, 1.807) is 17.6 Å². The molecule has 1 aliphatic heterocycles. The van der Waals surface area contributed by atoms with Gasteiger partial charge in [-0.2, -0.15) is 0 Å². The predicted octanol–water partition coefficient (Wildman–Crippen LogP) is 3.07. The Balaban J connectivity index is 1.87. The predicted molar refractivity (Wildman–Crippen MR) is 119 cm³/mol. The lowest BCUT2D eigenvalue weighted by Crippen LogP contribution is -2.39. The van der Waals surface area contributed by atoms with Crippen LogP contribution < -0.4 is 14.9 Å². The van der Waals surface area contributed by atoms with Crippen molar-refractivity contribution in [2.45, 2.75) is 13.0 Å². The molecule has 5 nitrogen and oxygen atoms in total. The maximum Gasteiger partial charge on any atom is 0.338 e. The highest BCUT2D eigenvalue weighted by Gasteiger charge is 2.32. The van der Waals surface area contributed by atoms with E-state index in [1.165, 1.54) is 18.4 Å². The fourth-order valence-electron chi connectivity index (χ4n) is 3.47. The molecule has 30 heavy (non-hydrogen) atoms. The Morgan fingerprint density at radius 2 is 1.77 bits per heavy atom. The summed E-state index contributed by atoms with van der Waals surface area (Å²) in [5.74, 6) is -0.483. The van der Waals surface area contributed by atoms with E-state index in [9.17, 15) is 9.59 Å². The van der Waals surface area contributed by atoms with Gasteiger partial charge in [0.25, 0.3) is 5.56 Å². The number of carbonyl (C=O) groups excluding carboxylic acids is 1. The van der Waals surface area contributed by atoms with Gasteiger partial charge in [0.2, 0.25) is 0 Å². The lowest BCUT2D eigenvalue weighted by atomic mass is 9.96. The number of ether oxygens (including phenoxy) is 1. The number of esters is 1. The molecule has 1 aromatic heterocycles. The molecule has 6 heteroatoms. The Kier molecular flexibility index (Phi) is 5.59. The van der Waals surface area contributed by atoms with Crippen molar-refractivity contribution in [3.8, 4) is 0 Å². The molecule has 0 spiro atoms. The maximum absolute atomic E-state index is 13.3. The fraction of sp³-hybridized carbons (Fsp3) is 0.125. The van der Waals surface area contributed by atoms with E-state index in [2.05, 4.69) is 4.99 Å². The molecule has 1 aliphatic rings. The van der Waals surface area contributed by atoms with Gasteiger partial charge in [-0.3, -0.25) is 9.36 Å². The molecule has 0 bridgehead atoms. The summed E-state index contributed by atoms with van der Waals surface area (Å²) < 4.78 is 7.14. The van der Waals surface area contributed by atoms with Crippen LogP contribution in [0.5, 0.6) is 0 Å². The third-order valence-corrected chi connectivity index (χ3v) is 5.88. The van der Waals surface area contributed by atoms with Gasteiger partial charge in [0.1, 0.15) is 0 Å². The van der Waals surface area contributed by atoms with E-state index in [1.807, 2.05) is 72.8 Å². The maximum atomic E-state index is 13.3. The van der Waals surface area contributed by atoms with Gasteiger partial charge in [-0.1, -0.05) is 84.2 Å². The minimum absolute atomic E-state index is 0.181. The quantitative estimate of drug-likeness (QED) is 0.614. The van der Waals surface area contributed by atoms with Crippen LogP contribution in [0.15, 0.2) is 87.8 Å². The second kappa shape index (κ2) is 8.47. The Labute approximate surface area is 177 Å². The summed E-state index contributed by atoms with van der Waals surface area (Å²) >= 11 is 1.31. The summed E-state index contributed by atoms with van der Waals surface area (Å²) in [4.78, 5) is 30.9. The molecule has 0 aliphatic carbocycles. The number of thiazole rings is 1. The molecule has 1 atom stereocenters. The van der Waals surface area contributed by atoms with Crippen LogP contribution in [-0.4, -0.2) is 17.6 Å². The molecular formula is C24H20N2O3S. The smallest absolute Gasteiger partial charge is 0.338 e. The number of fused-ring (bicyclic) bond motifs is 1. The first-order chi connectivity index (χ1) is 14.6. The van der Waals surface area contributed by atoms with Crippen molar-refractivity contribution in [3.63, 3.8) is 0 Å². The zero-order valence-electron chi connectivity index (χ0n) is 16.6. The highest BCUT2D eigenvalue weighted by molar-refractivity contribution is 7.07. The van der Waals surface area contributed by atoms with Crippen molar-refractivity contribution in [1.82, 2.24) is 4.57 Å². The van der Waals surface area contributed by atoms with Crippen LogP contribution in [0.1, 0.15) is 24.1 Å². The first-order valence-corrected chi connectivity index (χ1v) is 10.3. The normalized spacial score (nSPS) is 16.5. The third-order valence-electron chi connectivity index (χ3n) is 4.88. The number of carbonyl (C=O) groups is 1. The van der Waals surface area contributed by atoms with Crippen molar-refractivity contribution in [1.29, 1.82) is 0 Å². The van der Waals surface area contributed by atoms with Crippen LogP contribution in [0.3, 0.4) is 0 Å². The number of allylic oxidation sites excluding steroid dienone is 2. The summed E-state index contributed by atoms with van der Waals surface area (Å²) in [6, 6.07) is 18.8. The number of hydrogen-bond acceptors (Lipinski definition) is 5. The lowest BCUT2D eigenvalue weighted by molar-refractivity contribution is -0.136. The van der Waals surface area contributed by atoms with Crippen molar-refractivity contribution < 1.29 is 9.53 Å². The average molecular weight is 417 g/mol. The van der Waals surface area contributed by atoms with Gasteiger partial charge in [-0.15, -0.1) is 0 Å². The highest BCUT2D eigenvalue weighted by atomic mass is 32.1. The number of aromatic nitrogens is 1. The Hall–Kier alpha value is -3.51. The Morgan fingerprint density at radius 3 is 2.43 bits per heavy atom. The molecule has 0 N–H and O–H groups in total. The molecule has 0 radical (unpaired) electrons. The van der Waals surface area contributed by atoms with Crippen LogP contribution in [0.2, 0.25) is 0 Å². The van der Waals surface area contributed by atoms with E-state index in [0.29, 0.717) is 20.6 Å². The molecule has 0 amide bonds. The first kappa shape index (κ1) is 19.8. The lowest BCUT2D eigenvalue weighted by Gasteiger charge is -2.24. The van der Waals surface area contributed by atoms with Gasteiger partial charge in [0.05, 0.1) is 29.0 Å². The minimum Gasteiger partial charge on any atom is -0.466 e. The second-order valence-corrected chi connectivity index (χ2v) is 7.79. The first-order valence-electron chi connectivity index (χ1n) is 9.47. The molecule has 0 fully saturated rings. The van der Waals surface area contributed by atoms with E-state index in [4.69, 9.17) is 4.74 Å². The van der Waals surface area contributed by atoms with E-state index in [-0.39, 0.29) is 5.56 Å². The van der Waals surface area contributed by atoms with Crippen LogP contribution >= 0.6 is 11.3 Å². The van der Waals surface area contributed by atoms with Gasteiger partial charge < -0.3 is 4.74 Å². The standard InChI is InChI=1S/C24H20N2O3S/c1-16-20(23(28)29-2)21(18-13-7-4-8-14-18)26-22(27)19(30-24(26)25-16)15-9-12-17-10-5-3-6-11-17/h3-15,21H,1-2H3/b12-9+,19-15+. The molecule has 150 valence electrons. The van der Waals surface area contributed by atoms with Gasteiger partial charge in [-0.25, -0.2) is 9.79 Å². The van der Waals surface area contributed by atoms with Crippen LogP contribution in [0.4, 0.5) is 0 Å². The summed E-state index contributed by atoms with van der Waals surface area (Å²) in [7, 11) is 1.34. The van der Waals surface area contributed by atoms with Gasteiger partial charge in [0, 0.05) is 0 Å². The van der Waals surface area contributed by atoms with E-state index in [0.717, 1.165) is 11.1 Å². The molecule has 2 aromatic carbocycles. The number of hydrogen-bond donors (Lipinski definition) is 0. The van der Waals surface area contributed by atoms with Crippen molar-refractivity contribution in [3.05, 3.63) is 109 Å². The van der Waals surface area contributed by atoms with Crippen LogP contribution in [0.25, 0.3) is 12.2 Å².